The van der Waals surface area contributed by atoms with Gasteiger partial charge in [0.25, 0.3) is 0 Å². The molecule has 0 spiro atoms. The molecule has 0 aromatic rings. The van der Waals surface area contributed by atoms with Crippen LogP contribution in [0, 0.1) is 0 Å². The number of esters is 1. The van der Waals surface area contributed by atoms with Gasteiger partial charge >= 0.3 is 18.3 Å². The van der Waals surface area contributed by atoms with Crippen LogP contribution >= 0.6 is 0 Å². The molecule has 0 fully saturated rings. The predicted octanol–water partition coefficient (Wildman–Crippen LogP) is 2.64. The molecule has 0 rings (SSSR count). The Bertz CT molecular complexity index is 248. The van der Waals surface area contributed by atoms with Crippen molar-refractivity contribution in [1.82, 2.24) is 0 Å². The van der Waals surface area contributed by atoms with Crippen LogP contribution < -0.4 is 0 Å². The molecule has 0 aliphatic rings. The lowest BCUT2D eigenvalue weighted by molar-refractivity contribution is -0.170. The Labute approximate surface area is 97.1 Å². The SMILES string of the molecule is CC(C)(C)OC(=O)CCOCC(F)(F)C(F)F. The molecule has 0 atom stereocenters. The Hall–Kier alpha value is -0.850. The summed E-state index contributed by atoms with van der Waals surface area (Å²) in [6.45, 7) is 3.16. The van der Waals surface area contributed by atoms with Crippen molar-refractivity contribution >= 4 is 5.97 Å². The maximum absolute atomic E-state index is 12.4. The molecule has 0 N–H and O–H groups in total. The fourth-order valence-corrected chi connectivity index (χ4v) is 0.819. The minimum atomic E-state index is -4.19. The minimum Gasteiger partial charge on any atom is -0.460 e. The number of rotatable bonds is 6. The van der Waals surface area contributed by atoms with Crippen LogP contribution in [0.25, 0.3) is 0 Å². The largest absolute Gasteiger partial charge is 0.460 e. The summed E-state index contributed by atoms with van der Waals surface area (Å²) in [5.41, 5.74) is -0.677. The highest BCUT2D eigenvalue weighted by Gasteiger charge is 2.40. The number of carbonyl (C=O) groups is 1. The molecular formula is C10H16F4O3. The normalized spacial score (nSPS) is 12.9. The van der Waals surface area contributed by atoms with Crippen molar-refractivity contribution in [2.24, 2.45) is 0 Å². The van der Waals surface area contributed by atoms with E-state index < -0.39 is 30.5 Å². The lowest BCUT2D eigenvalue weighted by atomic mass is 10.2. The molecular weight excluding hydrogens is 244 g/mol. The second-order valence-electron chi connectivity index (χ2n) is 4.45. The van der Waals surface area contributed by atoms with E-state index in [0.717, 1.165) is 0 Å². The van der Waals surface area contributed by atoms with Gasteiger partial charge in [0.2, 0.25) is 0 Å². The minimum absolute atomic E-state index is 0.253. The summed E-state index contributed by atoms with van der Waals surface area (Å²) in [7, 11) is 0. The van der Waals surface area contributed by atoms with Crippen LogP contribution in [-0.2, 0) is 14.3 Å². The van der Waals surface area contributed by atoms with E-state index in [0.29, 0.717) is 0 Å². The molecule has 0 unspecified atom stereocenters. The third-order valence-electron chi connectivity index (χ3n) is 1.48. The second kappa shape index (κ2) is 6.18. The van der Waals surface area contributed by atoms with Gasteiger partial charge in [-0.2, -0.15) is 8.78 Å². The van der Waals surface area contributed by atoms with Crippen molar-refractivity contribution in [3.63, 3.8) is 0 Å². The van der Waals surface area contributed by atoms with Crippen molar-refractivity contribution in [1.29, 1.82) is 0 Å². The molecule has 0 saturated heterocycles. The Morgan fingerprint density at radius 3 is 2.18 bits per heavy atom. The topological polar surface area (TPSA) is 35.5 Å². The number of hydrogen-bond donors (Lipinski definition) is 0. The highest BCUT2D eigenvalue weighted by Crippen LogP contribution is 2.22. The Balaban J connectivity index is 3.76. The first kappa shape index (κ1) is 16.1. The van der Waals surface area contributed by atoms with Gasteiger partial charge in [-0.1, -0.05) is 0 Å². The molecule has 0 radical (unpaired) electrons. The van der Waals surface area contributed by atoms with Crippen LogP contribution in [0.2, 0.25) is 0 Å². The third kappa shape index (κ3) is 7.95. The summed E-state index contributed by atoms with van der Waals surface area (Å²) in [4.78, 5) is 11.1. The molecule has 0 saturated carbocycles. The first-order chi connectivity index (χ1) is 7.54. The van der Waals surface area contributed by atoms with Gasteiger partial charge in [0.15, 0.2) is 0 Å². The maximum atomic E-state index is 12.4. The summed E-state index contributed by atoms with van der Waals surface area (Å²) in [5.74, 6) is -4.81. The monoisotopic (exact) mass is 260 g/mol. The van der Waals surface area contributed by atoms with Crippen molar-refractivity contribution < 1.29 is 31.8 Å². The number of carbonyl (C=O) groups excluding carboxylic acids is 1. The van der Waals surface area contributed by atoms with E-state index >= 15 is 0 Å². The molecule has 0 aliphatic heterocycles. The lowest BCUT2D eigenvalue weighted by Crippen LogP contribution is -2.33. The Kier molecular flexibility index (Phi) is 5.87. The quantitative estimate of drug-likeness (QED) is 0.418. The molecule has 0 amide bonds. The van der Waals surface area contributed by atoms with Crippen LogP contribution in [0.15, 0.2) is 0 Å². The van der Waals surface area contributed by atoms with Crippen LogP contribution in [-0.4, -0.2) is 37.1 Å². The van der Waals surface area contributed by atoms with E-state index in [-0.39, 0.29) is 13.0 Å². The van der Waals surface area contributed by atoms with Gasteiger partial charge in [0.1, 0.15) is 12.2 Å². The van der Waals surface area contributed by atoms with E-state index in [4.69, 9.17) is 4.74 Å². The number of halogens is 4. The highest BCUT2D eigenvalue weighted by atomic mass is 19.3. The average Bonchev–Trinajstić information content (AvgIpc) is 2.09. The van der Waals surface area contributed by atoms with Gasteiger partial charge in [0.05, 0.1) is 13.0 Å². The van der Waals surface area contributed by atoms with Crippen molar-refractivity contribution in [3.8, 4) is 0 Å². The molecule has 0 bridgehead atoms. The Morgan fingerprint density at radius 2 is 1.76 bits per heavy atom. The van der Waals surface area contributed by atoms with Crippen molar-refractivity contribution in [2.45, 2.75) is 45.1 Å². The first-order valence-corrected chi connectivity index (χ1v) is 5.00. The summed E-state index contributed by atoms with van der Waals surface area (Å²) in [5, 5.41) is 0. The Morgan fingerprint density at radius 1 is 1.24 bits per heavy atom. The van der Waals surface area contributed by atoms with Crippen LogP contribution in [0.5, 0.6) is 0 Å². The number of hydrogen-bond acceptors (Lipinski definition) is 3. The molecule has 0 aromatic carbocycles. The molecule has 7 heteroatoms. The average molecular weight is 260 g/mol. The third-order valence-corrected chi connectivity index (χ3v) is 1.48. The molecule has 3 nitrogen and oxygen atoms in total. The van der Waals surface area contributed by atoms with Crippen LogP contribution in [0.4, 0.5) is 17.6 Å². The standard InChI is InChI=1S/C10H16F4O3/c1-9(2,3)17-7(15)4-5-16-6-10(13,14)8(11)12/h8H,4-6H2,1-3H3. The molecule has 0 aliphatic carbocycles. The molecule has 17 heavy (non-hydrogen) atoms. The van der Waals surface area contributed by atoms with Gasteiger partial charge in [-0.15, -0.1) is 0 Å². The first-order valence-electron chi connectivity index (χ1n) is 5.00. The van der Waals surface area contributed by atoms with Crippen molar-refractivity contribution in [3.05, 3.63) is 0 Å². The fourth-order valence-electron chi connectivity index (χ4n) is 0.819. The number of ether oxygens (including phenoxy) is 2. The van der Waals surface area contributed by atoms with Gasteiger partial charge in [-0.3, -0.25) is 4.79 Å². The van der Waals surface area contributed by atoms with E-state index in [1.54, 1.807) is 20.8 Å². The molecule has 0 heterocycles. The van der Waals surface area contributed by atoms with Crippen LogP contribution in [0.3, 0.4) is 0 Å². The van der Waals surface area contributed by atoms with E-state index in [1.807, 2.05) is 0 Å². The highest BCUT2D eigenvalue weighted by molar-refractivity contribution is 5.69. The van der Waals surface area contributed by atoms with Crippen LogP contribution in [0.1, 0.15) is 27.2 Å². The lowest BCUT2D eigenvalue weighted by Gasteiger charge is -2.19. The van der Waals surface area contributed by atoms with E-state index in [2.05, 4.69) is 4.74 Å². The van der Waals surface area contributed by atoms with E-state index in [9.17, 15) is 22.4 Å². The molecule has 102 valence electrons. The van der Waals surface area contributed by atoms with Crippen molar-refractivity contribution in [2.75, 3.05) is 13.2 Å². The molecule has 0 aromatic heterocycles. The fraction of sp³-hybridized carbons (Fsp3) is 0.900. The summed E-state index contributed by atoms with van der Waals surface area (Å²) in [6.07, 6.45) is -4.03. The smallest absolute Gasteiger partial charge is 0.330 e. The van der Waals surface area contributed by atoms with Gasteiger partial charge in [-0.25, -0.2) is 8.78 Å². The van der Waals surface area contributed by atoms with Gasteiger partial charge in [0, 0.05) is 0 Å². The zero-order valence-electron chi connectivity index (χ0n) is 9.94. The summed E-state index contributed by atoms with van der Waals surface area (Å²) in [6, 6.07) is 0. The zero-order chi connectivity index (χ0) is 13.7. The maximum Gasteiger partial charge on any atom is 0.330 e. The summed E-state index contributed by atoms with van der Waals surface area (Å²) < 4.78 is 57.3. The predicted molar refractivity (Wildman–Crippen MR) is 52.2 cm³/mol. The summed E-state index contributed by atoms with van der Waals surface area (Å²) >= 11 is 0. The van der Waals surface area contributed by atoms with Gasteiger partial charge < -0.3 is 9.47 Å². The van der Waals surface area contributed by atoms with Gasteiger partial charge in [-0.05, 0) is 20.8 Å². The van der Waals surface area contributed by atoms with E-state index in [1.165, 1.54) is 0 Å². The second-order valence-corrected chi connectivity index (χ2v) is 4.45. The zero-order valence-corrected chi connectivity index (χ0v) is 9.94. The number of alkyl halides is 4.